The minimum Gasteiger partial charge on any atom is -0.393 e. The van der Waals surface area contributed by atoms with Gasteiger partial charge in [0.1, 0.15) is 12.2 Å². The summed E-state index contributed by atoms with van der Waals surface area (Å²) in [7, 11) is 0. The summed E-state index contributed by atoms with van der Waals surface area (Å²) in [4.78, 5) is 18.6. The number of nitroso groups, excluding NO2 is 1. The van der Waals surface area contributed by atoms with Gasteiger partial charge >= 0.3 is 0 Å². The molecule has 1 fully saturated rings. The van der Waals surface area contributed by atoms with Gasteiger partial charge in [0.15, 0.2) is 6.04 Å². The van der Waals surface area contributed by atoms with Crippen molar-refractivity contribution in [3.8, 4) is 0 Å². The average molecular weight is 179 g/mol. The zero-order chi connectivity index (χ0) is 9.14. The Hall–Kier alpha value is -0.600. The molecule has 1 aliphatic rings. The van der Waals surface area contributed by atoms with E-state index in [0.29, 0.717) is 0 Å². The van der Waals surface area contributed by atoms with E-state index in [1.807, 2.05) is 0 Å². The van der Waals surface area contributed by atoms with E-state index in [9.17, 15) is 4.91 Å². The van der Waals surface area contributed by atoms with Gasteiger partial charge in [-0.15, -0.1) is 0 Å². The first kappa shape index (κ1) is 9.49. The van der Waals surface area contributed by atoms with E-state index < -0.39 is 31.1 Å². The molecule has 4 unspecified atom stereocenters. The van der Waals surface area contributed by atoms with E-state index >= 15 is 0 Å². The van der Waals surface area contributed by atoms with Crippen LogP contribution in [0.1, 0.15) is 0 Å². The molecule has 0 spiro atoms. The minimum absolute atomic E-state index is 0.514. The normalized spacial score (nSPS) is 42.6. The second-order valence-corrected chi connectivity index (χ2v) is 2.39. The van der Waals surface area contributed by atoms with Crippen molar-refractivity contribution < 1.29 is 25.1 Å². The van der Waals surface area contributed by atoms with Gasteiger partial charge in [-0.2, -0.15) is 4.91 Å². The Morgan fingerprint density at radius 1 is 1.33 bits per heavy atom. The second-order valence-electron chi connectivity index (χ2n) is 2.39. The maximum absolute atomic E-state index is 10.1. The summed E-state index contributed by atoms with van der Waals surface area (Å²) in [5.41, 5.74) is 0. The van der Waals surface area contributed by atoms with Gasteiger partial charge in [-0.05, 0) is 0 Å². The summed E-state index contributed by atoms with van der Waals surface area (Å²) in [6, 6.07) is -1.21. The predicted molar refractivity (Wildman–Crippen MR) is 34.6 cm³/mol. The van der Waals surface area contributed by atoms with Crippen molar-refractivity contribution in [2.24, 2.45) is 5.18 Å². The molecule has 4 atom stereocenters. The van der Waals surface area contributed by atoms with E-state index in [1.165, 1.54) is 0 Å². The number of hydrogen-bond donors (Lipinski definition) is 3. The molecule has 0 aromatic carbocycles. The highest BCUT2D eigenvalue weighted by atomic mass is 17.2. The summed E-state index contributed by atoms with van der Waals surface area (Å²) in [6.07, 6.45) is -4.09. The SMILES string of the molecule is O=NC1C(CO)OOC(O)C1O. The smallest absolute Gasteiger partial charge is 0.217 e. The molecule has 1 rings (SSSR count). The fourth-order valence-corrected chi connectivity index (χ4v) is 0.899. The van der Waals surface area contributed by atoms with Crippen LogP contribution in [-0.4, -0.2) is 46.5 Å². The number of aliphatic hydroxyl groups excluding tert-OH is 3. The third-order valence-electron chi connectivity index (χ3n) is 1.60. The first-order valence-corrected chi connectivity index (χ1v) is 3.32. The summed E-state index contributed by atoms with van der Waals surface area (Å²) >= 11 is 0. The van der Waals surface area contributed by atoms with Gasteiger partial charge in [0, 0.05) is 0 Å². The Morgan fingerprint density at radius 2 is 2.00 bits per heavy atom. The Morgan fingerprint density at radius 3 is 2.50 bits per heavy atom. The monoisotopic (exact) mass is 179 g/mol. The van der Waals surface area contributed by atoms with Gasteiger partial charge in [-0.3, -0.25) is 0 Å². The summed E-state index contributed by atoms with van der Waals surface area (Å²) in [5.74, 6) is 0. The van der Waals surface area contributed by atoms with Crippen molar-refractivity contribution in [1.29, 1.82) is 0 Å². The highest BCUT2D eigenvalue weighted by molar-refractivity contribution is 4.86. The fourth-order valence-electron chi connectivity index (χ4n) is 0.899. The van der Waals surface area contributed by atoms with Crippen LogP contribution < -0.4 is 0 Å². The Balaban J connectivity index is 2.64. The minimum atomic E-state index is -1.60. The molecular formula is C5H9NO6. The molecule has 7 nitrogen and oxygen atoms in total. The van der Waals surface area contributed by atoms with E-state index in [0.717, 1.165) is 0 Å². The van der Waals surface area contributed by atoms with Crippen LogP contribution in [0.2, 0.25) is 0 Å². The van der Waals surface area contributed by atoms with E-state index in [4.69, 9.17) is 15.3 Å². The van der Waals surface area contributed by atoms with Gasteiger partial charge < -0.3 is 15.3 Å². The Kier molecular flexibility index (Phi) is 3.06. The maximum Gasteiger partial charge on any atom is 0.217 e. The average Bonchev–Trinajstić information content (AvgIpc) is 2.09. The molecule has 0 saturated carbocycles. The second kappa shape index (κ2) is 3.87. The zero-order valence-corrected chi connectivity index (χ0v) is 6.03. The van der Waals surface area contributed by atoms with E-state index in [-0.39, 0.29) is 0 Å². The quantitative estimate of drug-likeness (QED) is 0.338. The van der Waals surface area contributed by atoms with Crippen molar-refractivity contribution in [3.05, 3.63) is 4.91 Å². The molecule has 1 saturated heterocycles. The van der Waals surface area contributed by atoms with E-state index in [2.05, 4.69) is 15.0 Å². The zero-order valence-electron chi connectivity index (χ0n) is 6.03. The fraction of sp³-hybridized carbons (Fsp3) is 1.00. The predicted octanol–water partition coefficient (Wildman–Crippen LogP) is -1.88. The molecule has 0 bridgehead atoms. The lowest BCUT2D eigenvalue weighted by molar-refractivity contribution is -0.439. The molecule has 12 heavy (non-hydrogen) atoms. The van der Waals surface area contributed by atoms with Gasteiger partial charge in [0.25, 0.3) is 0 Å². The first-order chi connectivity index (χ1) is 5.70. The van der Waals surface area contributed by atoms with Crippen molar-refractivity contribution in [1.82, 2.24) is 0 Å². The lowest BCUT2D eigenvalue weighted by Crippen LogP contribution is -2.52. The van der Waals surface area contributed by atoms with E-state index in [1.54, 1.807) is 0 Å². The molecule has 7 heteroatoms. The van der Waals surface area contributed by atoms with Gasteiger partial charge in [-0.1, -0.05) is 5.18 Å². The Labute approximate surface area is 67.4 Å². The number of rotatable bonds is 2. The van der Waals surface area contributed by atoms with Crippen LogP contribution in [0.15, 0.2) is 5.18 Å². The van der Waals surface area contributed by atoms with Crippen molar-refractivity contribution in [2.75, 3.05) is 6.61 Å². The topological polar surface area (TPSA) is 109 Å². The number of nitrogens with zero attached hydrogens (tertiary/aromatic N) is 1. The molecule has 3 N–H and O–H groups in total. The molecule has 0 aliphatic carbocycles. The van der Waals surface area contributed by atoms with Crippen LogP contribution in [0, 0.1) is 4.91 Å². The number of aliphatic hydroxyl groups is 3. The van der Waals surface area contributed by atoms with Gasteiger partial charge in [-0.25, -0.2) is 9.78 Å². The lowest BCUT2D eigenvalue weighted by Gasteiger charge is -2.31. The maximum atomic E-state index is 10.1. The van der Waals surface area contributed by atoms with Crippen LogP contribution in [0.25, 0.3) is 0 Å². The van der Waals surface area contributed by atoms with Gasteiger partial charge in [0.2, 0.25) is 6.29 Å². The van der Waals surface area contributed by atoms with Crippen LogP contribution >= 0.6 is 0 Å². The van der Waals surface area contributed by atoms with Crippen LogP contribution in [-0.2, 0) is 9.78 Å². The third-order valence-corrected chi connectivity index (χ3v) is 1.60. The summed E-state index contributed by atoms with van der Waals surface area (Å²) < 4.78 is 0. The largest absolute Gasteiger partial charge is 0.393 e. The van der Waals surface area contributed by atoms with Crippen LogP contribution in [0.5, 0.6) is 0 Å². The summed E-state index contributed by atoms with van der Waals surface area (Å²) in [6.45, 7) is -0.514. The molecular weight excluding hydrogens is 170 g/mol. The third kappa shape index (κ3) is 1.59. The molecule has 0 amide bonds. The molecule has 1 aliphatic heterocycles. The Bertz CT molecular complexity index is 162. The molecule has 0 aromatic heterocycles. The highest BCUT2D eigenvalue weighted by Crippen LogP contribution is 2.18. The van der Waals surface area contributed by atoms with Crippen molar-refractivity contribution >= 4 is 0 Å². The highest BCUT2D eigenvalue weighted by Gasteiger charge is 2.41. The standard InChI is InChI=1S/C5H9NO6/c7-1-2-3(6-10)4(8)5(9)12-11-2/h2-5,7-9H,1H2. The first-order valence-electron chi connectivity index (χ1n) is 3.32. The van der Waals surface area contributed by atoms with Crippen molar-refractivity contribution in [2.45, 2.75) is 24.5 Å². The molecule has 0 radical (unpaired) electrons. The number of hydrogen-bond acceptors (Lipinski definition) is 7. The molecule has 1 heterocycles. The van der Waals surface area contributed by atoms with Crippen molar-refractivity contribution in [3.63, 3.8) is 0 Å². The van der Waals surface area contributed by atoms with Gasteiger partial charge in [0.05, 0.1) is 6.61 Å². The van der Waals surface area contributed by atoms with Crippen LogP contribution in [0.3, 0.4) is 0 Å². The lowest BCUT2D eigenvalue weighted by atomic mass is 10.1. The molecule has 0 aromatic rings. The van der Waals surface area contributed by atoms with Crippen LogP contribution in [0.4, 0.5) is 0 Å². The summed E-state index contributed by atoms with van der Waals surface area (Å²) in [5, 5.41) is 29.0. The molecule has 70 valence electrons.